The fourth-order valence-electron chi connectivity index (χ4n) is 1.86. The van der Waals surface area contributed by atoms with E-state index >= 15 is 0 Å². The van der Waals surface area contributed by atoms with Crippen LogP contribution in [0.4, 0.5) is 4.39 Å². The average molecular weight is 356 g/mol. The molecule has 1 aromatic rings. The van der Waals surface area contributed by atoms with Gasteiger partial charge in [-0.1, -0.05) is 6.58 Å². The lowest BCUT2D eigenvalue weighted by Gasteiger charge is -2.28. The number of ether oxygens (including phenoxy) is 1. The maximum absolute atomic E-state index is 14.2. The highest BCUT2D eigenvalue weighted by molar-refractivity contribution is 9.12. The summed E-state index contributed by atoms with van der Waals surface area (Å²) in [4.78, 5) is 1.85. The third kappa shape index (κ3) is 3.10. The van der Waals surface area contributed by atoms with E-state index in [4.69, 9.17) is 4.74 Å². The molecule has 0 aromatic heterocycles. The van der Waals surface area contributed by atoms with Crippen LogP contribution >= 0.6 is 27.7 Å². The first kappa shape index (κ1) is 15.2. The fourth-order valence-corrected chi connectivity index (χ4v) is 2.51. The highest BCUT2D eigenvalue weighted by Crippen LogP contribution is 2.33. The monoisotopic (exact) mass is 355 g/mol. The molecular weight excluding hydrogens is 341 g/mol. The SMILES string of the molecule is C=C1C(Br)=CC=C(c2ccc(OCSC)cc2F)N1C. The summed E-state index contributed by atoms with van der Waals surface area (Å²) >= 11 is 4.96. The van der Waals surface area contributed by atoms with Gasteiger partial charge in [0.1, 0.15) is 17.5 Å². The highest BCUT2D eigenvalue weighted by atomic mass is 79.9. The highest BCUT2D eigenvalue weighted by Gasteiger charge is 2.19. The molecule has 0 fully saturated rings. The van der Waals surface area contributed by atoms with E-state index in [2.05, 4.69) is 22.5 Å². The molecule has 0 N–H and O–H groups in total. The number of hydrogen-bond acceptors (Lipinski definition) is 3. The molecular formula is C15H15BrFNOS. The Kier molecular flexibility index (Phi) is 4.94. The van der Waals surface area contributed by atoms with Crippen LogP contribution in [-0.4, -0.2) is 24.1 Å². The van der Waals surface area contributed by atoms with E-state index in [1.165, 1.54) is 6.07 Å². The molecule has 2 rings (SSSR count). The molecule has 0 spiro atoms. The number of likely N-dealkylation sites (N-methyl/N-ethyl adjacent to an activating group) is 1. The molecule has 2 nitrogen and oxygen atoms in total. The average Bonchev–Trinajstić information content (AvgIpc) is 2.44. The molecule has 1 heterocycles. The summed E-state index contributed by atoms with van der Waals surface area (Å²) in [6.45, 7) is 3.96. The quantitative estimate of drug-likeness (QED) is 0.732. The third-order valence-electron chi connectivity index (χ3n) is 2.99. The Morgan fingerprint density at radius 3 is 2.80 bits per heavy atom. The second-order valence-electron chi connectivity index (χ2n) is 4.26. The molecule has 0 saturated heterocycles. The maximum Gasteiger partial charge on any atom is 0.136 e. The summed E-state index contributed by atoms with van der Waals surface area (Å²) in [7, 11) is 1.86. The number of halogens is 2. The maximum atomic E-state index is 14.2. The van der Waals surface area contributed by atoms with E-state index in [9.17, 15) is 4.39 Å². The van der Waals surface area contributed by atoms with Crippen molar-refractivity contribution in [3.05, 3.63) is 58.5 Å². The predicted molar refractivity (Wildman–Crippen MR) is 87.3 cm³/mol. The number of rotatable bonds is 4. The van der Waals surface area contributed by atoms with Crippen molar-refractivity contribution in [3.8, 4) is 5.75 Å². The van der Waals surface area contributed by atoms with Gasteiger partial charge in [-0.15, -0.1) is 11.8 Å². The van der Waals surface area contributed by atoms with Crippen molar-refractivity contribution < 1.29 is 9.13 Å². The summed E-state index contributed by atoms with van der Waals surface area (Å²) < 4.78 is 20.5. The van der Waals surface area contributed by atoms with Crippen molar-refractivity contribution in [2.75, 3.05) is 19.2 Å². The Morgan fingerprint density at radius 2 is 2.15 bits per heavy atom. The van der Waals surface area contributed by atoms with Gasteiger partial charge in [-0.3, -0.25) is 0 Å². The topological polar surface area (TPSA) is 12.5 Å². The van der Waals surface area contributed by atoms with Gasteiger partial charge in [0.15, 0.2) is 0 Å². The van der Waals surface area contributed by atoms with Crippen LogP contribution in [0.25, 0.3) is 5.70 Å². The van der Waals surface area contributed by atoms with Crippen LogP contribution < -0.4 is 4.74 Å². The molecule has 0 saturated carbocycles. The Hall–Kier alpha value is -1.20. The van der Waals surface area contributed by atoms with Gasteiger partial charge in [-0.25, -0.2) is 4.39 Å². The minimum atomic E-state index is -0.305. The van der Waals surface area contributed by atoms with Crippen LogP contribution in [0.5, 0.6) is 5.75 Å². The lowest BCUT2D eigenvalue weighted by Crippen LogP contribution is -2.18. The van der Waals surface area contributed by atoms with E-state index in [0.29, 0.717) is 17.3 Å². The molecule has 20 heavy (non-hydrogen) atoms. The van der Waals surface area contributed by atoms with Gasteiger partial charge in [-0.2, -0.15) is 0 Å². The fraction of sp³-hybridized carbons (Fsp3) is 0.200. The van der Waals surface area contributed by atoms with Crippen molar-refractivity contribution in [1.82, 2.24) is 4.90 Å². The zero-order valence-electron chi connectivity index (χ0n) is 11.3. The van der Waals surface area contributed by atoms with Crippen LogP contribution in [0, 0.1) is 5.82 Å². The Morgan fingerprint density at radius 1 is 1.40 bits per heavy atom. The number of benzene rings is 1. The number of allylic oxidation sites excluding steroid dienone is 3. The van der Waals surface area contributed by atoms with Crippen molar-refractivity contribution in [1.29, 1.82) is 0 Å². The lowest BCUT2D eigenvalue weighted by atomic mass is 10.1. The lowest BCUT2D eigenvalue weighted by molar-refractivity contribution is 0.390. The van der Waals surface area contributed by atoms with E-state index in [0.717, 1.165) is 15.9 Å². The third-order valence-corrected chi connectivity index (χ3v) is 4.06. The second kappa shape index (κ2) is 6.50. The van der Waals surface area contributed by atoms with Gasteiger partial charge < -0.3 is 9.64 Å². The van der Waals surface area contributed by atoms with E-state index < -0.39 is 0 Å². The molecule has 1 aliphatic heterocycles. The Bertz CT molecular complexity index is 598. The molecule has 0 unspecified atom stereocenters. The minimum Gasteiger partial charge on any atom is -0.483 e. The van der Waals surface area contributed by atoms with Gasteiger partial charge >= 0.3 is 0 Å². The Labute approximate surface area is 131 Å². The first-order valence-electron chi connectivity index (χ1n) is 5.96. The number of nitrogens with zero attached hydrogens (tertiary/aromatic N) is 1. The van der Waals surface area contributed by atoms with E-state index in [-0.39, 0.29) is 5.82 Å². The van der Waals surface area contributed by atoms with Crippen molar-refractivity contribution in [2.45, 2.75) is 0 Å². The molecule has 1 aliphatic rings. The summed E-state index contributed by atoms with van der Waals surface area (Å²) in [6.07, 6.45) is 5.66. The van der Waals surface area contributed by atoms with Crippen LogP contribution in [0.2, 0.25) is 0 Å². The Balaban J connectivity index is 2.32. The summed E-state index contributed by atoms with van der Waals surface area (Å²) in [5, 5.41) is 0. The van der Waals surface area contributed by atoms with Gasteiger partial charge in [0.05, 0.1) is 5.70 Å². The van der Waals surface area contributed by atoms with Crippen LogP contribution in [0.3, 0.4) is 0 Å². The summed E-state index contributed by atoms with van der Waals surface area (Å²) in [5.74, 6) is 0.740. The van der Waals surface area contributed by atoms with E-state index in [1.54, 1.807) is 23.9 Å². The molecule has 0 aliphatic carbocycles. The van der Waals surface area contributed by atoms with Gasteiger partial charge in [0.25, 0.3) is 0 Å². The number of hydrogen-bond donors (Lipinski definition) is 0. The van der Waals surface area contributed by atoms with Crippen molar-refractivity contribution in [2.24, 2.45) is 0 Å². The molecule has 106 valence electrons. The molecule has 0 amide bonds. The van der Waals surface area contributed by atoms with Crippen LogP contribution in [0.15, 0.2) is 47.1 Å². The van der Waals surface area contributed by atoms with Gasteiger partial charge in [-0.05, 0) is 46.5 Å². The first-order valence-corrected chi connectivity index (χ1v) is 8.15. The van der Waals surface area contributed by atoms with Gasteiger partial charge in [0, 0.05) is 28.9 Å². The molecule has 0 radical (unpaired) electrons. The van der Waals surface area contributed by atoms with E-state index in [1.807, 2.05) is 30.4 Å². The van der Waals surface area contributed by atoms with Crippen molar-refractivity contribution >= 4 is 33.4 Å². The predicted octanol–water partition coefficient (Wildman–Crippen LogP) is 4.60. The zero-order valence-corrected chi connectivity index (χ0v) is 13.7. The second-order valence-corrected chi connectivity index (χ2v) is 5.93. The smallest absolute Gasteiger partial charge is 0.136 e. The van der Waals surface area contributed by atoms with Crippen LogP contribution in [-0.2, 0) is 0 Å². The van der Waals surface area contributed by atoms with Crippen molar-refractivity contribution in [3.63, 3.8) is 0 Å². The molecule has 1 aromatic carbocycles. The zero-order chi connectivity index (χ0) is 14.7. The molecule has 0 bridgehead atoms. The standard InChI is InChI=1S/C15H15BrFNOS/c1-10-13(16)6-7-15(18(10)2)12-5-4-11(8-14(12)17)19-9-20-3/h4-8H,1,9H2,2-3H3. The minimum absolute atomic E-state index is 0.305. The molecule has 0 atom stereocenters. The largest absolute Gasteiger partial charge is 0.483 e. The summed E-state index contributed by atoms with van der Waals surface area (Å²) in [6, 6.07) is 4.92. The number of thioether (sulfide) groups is 1. The first-order chi connectivity index (χ1) is 9.54. The van der Waals surface area contributed by atoms with Crippen LogP contribution in [0.1, 0.15) is 5.56 Å². The van der Waals surface area contributed by atoms with Gasteiger partial charge in [0.2, 0.25) is 0 Å². The molecule has 5 heteroatoms. The normalized spacial score (nSPS) is 15.0. The summed E-state index contributed by atoms with van der Waals surface area (Å²) in [5.41, 5.74) is 2.10.